The van der Waals surface area contributed by atoms with Crippen molar-refractivity contribution >= 4 is 11.8 Å². The largest absolute Gasteiger partial charge is 0.382 e. The van der Waals surface area contributed by atoms with E-state index < -0.39 is 0 Å². The molecule has 25 heavy (non-hydrogen) atoms. The Morgan fingerprint density at radius 1 is 1.12 bits per heavy atom. The topological polar surface area (TPSA) is 61.8 Å². The fourth-order valence-corrected chi connectivity index (χ4v) is 2.44. The van der Waals surface area contributed by atoms with E-state index in [1.807, 2.05) is 13.1 Å². The molecule has 142 valence electrons. The Bertz CT molecular complexity index is 471. The number of pyridine rings is 1. The number of aromatic nitrogens is 1. The molecule has 0 amide bonds. The van der Waals surface area contributed by atoms with Crippen molar-refractivity contribution < 1.29 is 4.74 Å². The number of nitrogens with zero attached hydrogens (tertiary/aromatic N) is 3. The van der Waals surface area contributed by atoms with Crippen molar-refractivity contribution in [3.05, 3.63) is 23.9 Å². The number of rotatable bonds is 12. The molecule has 1 aromatic heterocycles. The zero-order valence-electron chi connectivity index (χ0n) is 16.3. The predicted octanol–water partition coefficient (Wildman–Crippen LogP) is 2.80. The third-order valence-corrected chi connectivity index (χ3v) is 3.87. The summed E-state index contributed by atoms with van der Waals surface area (Å²) >= 11 is 0. The lowest BCUT2D eigenvalue weighted by atomic mass is 10.3. The average Bonchev–Trinajstić information content (AvgIpc) is 2.64. The second kappa shape index (κ2) is 13.5. The van der Waals surface area contributed by atoms with E-state index in [1.165, 1.54) is 0 Å². The molecule has 0 fully saturated rings. The van der Waals surface area contributed by atoms with E-state index in [4.69, 9.17) is 4.74 Å². The number of hydrogen-bond donors (Lipinski definition) is 2. The molecule has 0 unspecified atom stereocenters. The summed E-state index contributed by atoms with van der Waals surface area (Å²) in [4.78, 5) is 11.4. The maximum atomic E-state index is 5.35. The number of unbranched alkanes of at least 4 members (excludes halogenated alkanes) is 1. The molecule has 1 aromatic rings. The second-order valence-electron chi connectivity index (χ2n) is 5.72. The van der Waals surface area contributed by atoms with E-state index in [-0.39, 0.29) is 0 Å². The summed E-state index contributed by atoms with van der Waals surface area (Å²) in [5.74, 6) is 1.88. The standard InChI is InChI=1S/C19H35N5O/c1-5-20-19(21-13-9-10-14-25-8-4)23-16-17-11-12-18(22-15-17)24(6-2)7-3/h11-12,15H,5-10,13-14,16H2,1-4H3,(H2,20,21,23). The minimum absolute atomic E-state index is 0.625. The maximum absolute atomic E-state index is 5.35. The maximum Gasteiger partial charge on any atom is 0.191 e. The van der Waals surface area contributed by atoms with Gasteiger partial charge in [-0.25, -0.2) is 9.98 Å². The first-order valence-electron chi connectivity index (χ1n) is 9.54. The van der Waals surface area contributed by atoms with E-state index in [0.29, 0.717) is 6.54 Å². The molecule has 1 heterocycles. The van der Waals surface area contributed by atoms with Crippen LogP contribution in [0, 0.1) is 0 Å². The van der Waals surface area contributed by atoms with Gasteiger partial charge in [-0.05, 0) is 52.2 Å². The molecular weight excluding hydrogens is 314 g/mol. The van der Waals surface area contributed by atoms with Crippen molar-refractivity contribution in [1.82, 2.24) is 15.6 Å². The molecule has 6 heteroatoms. The van der Waals surface area contributed by atoms with Crippen molar-refractivity contribution in [2.75, 3.05) is 44.3 Å². The number of anilines is 1. The first kappa shape index (κ1) is 21.2. The average molecular weight is 350 g/mol. The predicted molar refractivity (Wildman–Crippen MR) is 106 cm³/mol. The Hall–Kier alpha value is -1.82. The number of guanidine groups is 1. The second-order valence-corrected chi connectivity index (χ2v) is 5.72. The normalized spacial score (nSPS) is 11.4. The lowest BCUT2D eigenvalue weighted by Gasteiger charge is -2.19. The van der Waals surface area contributed by atoms with Crippen LogP contribution in [0.2, 0.25) is 0 Å². The minimum atomic E-state index is 0.625. The Morgan fingerprint density at radius 2 is 1.92 bits per heavy atom. The molecule has 0 aromatic carbocycles. The van der Waals surface area contributed by atoms with Crippen LogP contribution in [0.4, 0.5) is 5.82 Å². The lowest BCUT2D eigenvalue weighted by molar-refractivity contribution is 0.143. The van der Waals surface area contributed by atoms with Crippen LogP contribution in [0.1, 0.15) is 46.1 Å². The molecule has 1 rings (SSSR count). The highest BCUT2D eigenvalue weighted by Crippen LogP contribution is 2.11. The Kier molecular flexibility index (Phi) is 11.4. The monoisotopic (exact) mass is 349 g/mol. The van der Waals surface area contributed by atoms with E-state index in [2.05, 4.69) is 58.4 Å². The summed E-state index contributed by atoms with van der Waals surface area (Å²) in [6.07, 6.45) is 4.06. The third-order valence-electron chi connectivity index (χ3n) is 3.87. The van der Waals surface area contributed by atoms with Crippen molar-refractivity contribution in [3.8, 4) is 0 Å². The van der Waals surface area contributed by atoms with Gasteiger partial charge in [-0.3, -0.25) is 0 Å². The smallest absolute Gasteiger partial charge is 0.191 e. The SMILES string of the molecule is CCNC(=NCc1ccc(N(CC)CC)nc1)NCCCCOCC. The van der Waals surface area contributed by atoms with Crippen LogP contribution in [0.3, 0.4) is 0 Å². The Balaban J connectivity index is 2.47. The van der Waals surface area contributed by atoms with E-state index in [1.54, 1.807) is 0 Å². The lowest BCUT2D eigenvalue weighted by Crippen LogP contribution is -2.37. The first-order chi connectivity index (χ1) is 12.2. The third kappa shape index (κ3) is 8.72. The van der Waals surface area contributed by atoms with Crippen molar-refractivity contribution in [3.63, 3.8) is 0 Å². The van der Waals surface area contributed by atoms with Gasteiger partial charge in [0.25, 0.3) is 0 Å². The number of hydrogen-bond acceptors (Lipinski definition) is 4. The zero-order valence-corrected chi connectivity index (χ0v) is 16.3. The highest BCUT2D eigenvalue weighted by molar-refractivity contribution is 5.79. The summed E-state index contributed by atoms with van der Waals surface area (Å²) in [5, 5.41) is 6.65. The van der Waals surface area contributed by atoms with Crippen molar-refractivity contribution in [1.29, 1.82) is 0 Å². The van der Waals surface area contributed by atoms with Gasteiger partial charge in [-0.1, -0.05) is 6.07 Å². The molecule has 6 nitrogen and oxygen atoms in total. The van der Waals surface area contributed by atoms with E-state index >= 15 is 0 Å². The number of aliphatic imine (C=N–C) groups is 1. The summed E-state index contributed by atoms with van der Waals surface area (Å²) in [6, 6.07) is 4.18. The van der Waals surface area contributed by atoms with Gasteiger partial charge in [0.1, 0.15) is 5.82 Å². The van der Waals surface area contributed by atoms with Gasteiger partial charge in [0.15, 0.2) is 5.96 Å². The van der Waals surface area contributed by atoms with Crippen LogP contribution in [-0.4, -0.2) is 50.3 Å². The fourth-order valence-electron chi connectivity index (χ4n) is 2.44. The molecule has 2 N–H and O–H groups in total. The van der Waals surface area contributed by atoms with Gasteiger partial charge in [0, 0.05) is 45.6 Å². The van der Waals surface area contributed by atoms with Crippen LogP contribution >= 0.6 is 0 Å². The number of nitrogens with one attached hydrogen (secondary N) is 2. The Labute approximate surface area is 153 Å². The van der Waals surface area contributed by atoms with Crippen LogP contribution in [0.5, 0.6) is 0 Å². The van der Waals surface area contributed by atoms with Crippen LogP contribution in [-0.2, 0) is 11.3 Å². The molecule has 0 saturated heterocycles. The van der Waals surface area contributed by atoms with Gasteiger partial charge in [-0.15, -0.1) is 0 Å². The van der Waals surface area contributed by atoms with Gasteiger partial charge < -0.3 is 20.3 Å². The minimum Gasteiger partial charge on any atom is -0.382 e. The van der Waals surface area contributed by atoms with Gasteiger partial charge in [-0.2, -0.15) is 0 Å². The quantitative estimate of drug-likeness (QED) is 0.345. The molecule has 0 atom stereocenters. The van der Waals surface area contributed by atoms with E-state index in [0.717, 1.165) is 69.6 Å². The van der Waals surface area contributed by atoms with E-state index in [9.17, 15) is 0 Å². The zero-order chi connectivity index (χ0) is 18.3. The molecule has 0 aliphatic rings. The Morgan fingerprint density at radius 3 is 2.52 bits per heavy atom. The molecule has 0 spiro atoms. The summed E-state index contributed by atoms with van der Waals surface area (Å²) in [5.41, 5.74) is 1.12. The van der Waals surface area contributed by atoms with Crippen LogP contribution in [0.25, 0.3) is 0 Å². The fraction of sp³-hybridized carbons (Fsp3) is 0.684. The van der Waals surface area contributed by atoms with Gasteiger partial charge in [0.05, 0.1) is 6.54 Å². The highest BCUT2D eigenvalue weighted by atomic mass is 16.5. The highest BCUT2D eigenvalue weighted by Gasteiger charge is 2.03. The molecule has 0 radical (unpaired) electrons. The first-order valence-corrected chi connectivity index (χ1v) is 9.54. The molecular formula is C19H35N5O. The van der Waals surface area contributed by atoms with Crippen molar-refractivity contribution in [2.45, 2.75) is 47.1 Å². The molecule has 0 aliphatic carbocycles. The summed E-state index contributed by atoms with van der Waals surface area (Å²) < 4.78 is 5.35. The molecule has 0 bridgehead atoms. The summed E-state index contributed by atoms with van der Waals surface area (Å²) in [6.45, 7) is 14.3. The number of ether oxygens (including phenoxy) is 1. The van der Waals surface area contributed by atoms with Gasteiger partial charge >= 0.3 is 0 Å². The van der Waals surface area contributed by atoms with Crippen LogP contribution < -0.4 is 15.5 Å². The summed E-state index contributed by atoms with van der Waals surface area (Å²) in [7, 11) is 0. The van der Waals surface area contributed by atoms with Gasteiger partial charge in [0.2, 0.25) is 0 Å². The van der Waals surface area contributed by atoms with Crippen LogP contribution in [0.15, 0.2) is 23.3 Å². The molecule has 0 aliphatic heterocycles. The molecule has 0 saturated carbocycles. The van der Waals surface area contributed by atoms with Crippen molar-refractivity contribution in [2.24, 2.45) is 4.99 Å².